The average Bonchev–Trinajstić information content (AvgIpc) is 2.12. The molecule has 0 N–H and O–H groups in total. The van der Waals surface area contributed by atoms with Crippen LogP contribution >= 0.6 is 11.6 Å². The molecule has 14 heavy (non-hydrogen) atoms. The van der Waals surface area contributed by atoms with Gasteiger partial charge in [0.2, 0.25) is 0 Å². The van der Waals surface area contributed by atoms with E-state index in [4.69, 9.17) is 16.3 Å². The van der Waals surface area contributed by atoms with Crippen molar-refractivity contribution in [3.05, 3.63) is 28.5 Å². The lowest BCUT2D eigenvalue weighted by molar-refractivity contribution is -0.142. The molecule has 0 fully saturated rings. The van der Waals surface area contributed by atoms with Gasteiger partial charge in [0.25, 0.3) is 0 Å². The largest absolute Gasteiger partial charge is 0.466 e. The second-order valence-electron chi connectivity index (χ2n) is 2.91. The Morgan fingerprint density at radius 2 is 2.36 bits per heavy atom. The van der Waals surface area contributed by atoms with E-state index in [1.807, 2.05) is 6.92 Å². The van der Waals surface area contributed by atoms with Gasteiger partial charge in [0.05, 0.1) is 23.7 Å². The van der Waals surface area contributed by atoms with E-state index in [2.05, 4.69) is 4.98 Å². The summed E-state index contributed by atoms with van der Waals surface area (Å²) >= 11 is 5.80. The number of aromatic nitrogens is 1. The molecule has 1 aromatic rings. The average molecular weight is 214 g/mol. The predicted molar refractivity (Wildman–Crippen MR) is 54.3 cm³/mol. The van der Waals surface area contributed by atoms with Gasteiger partial charge in [-0.15, -0.1) is 0 Å². The molecule has 0 bridgehead atoms. The Balaban J connectivity index is 2.68. The van der Waals surface area contributed by atoms with Crippen molar-refractivity contribution in [1.82, 2.24) is 4.98 Å². The SMILES string of the molecule is CCOC(=O)Cc1cc(C)c(Cl)cn1. The smallest absolute Gasteiger partial charge is 0.311 e. The lowest BCUT2D eigenvalue weighted by Gasteiger charge is -2.03. The number of hydrogen-bond acceptors (Lipinski definition) is 3. The van der Waals surface area contributed by atoms with E-state index in [1.54, 1.807) is 19.2 Å². The molecule has 4 heteroatoms. The Morgan fingerprint density at radius 3 is 2.93 bits per heavy atom. The maximum absolute atomic E-state index is 11.1. The van der Waals surface area contributed by atoms with E-state index in [-0.39, 0.29) is 12.4 Å². The third-order valence-corrected chi connectivity index (χ3v) is 2.13. The number of esters is 1. The second kappa shape index (κ2) is 4.96. The van der Waals surface area contributed by atoms with Gasteiger partial charge in [-0.05, 0) is 25.5 Å². The van der Waals surface area contributed by atoms with Gasteiger partial charge in [0.1, 0.15) is 0 Å². The van der Waals surface area contributed by atoms with Crippen LogP contribution < -0.4 is 0 Å². The van der Waals surface area contributed by atoms with Crippen LogP contribution in [0.5, 0.6) is 0 Å². The lowest BCUT2D eigenvalue weighted by atomic mass is 10.2. The summed E-state index contributed by atoms with van der Waals surface area (Å²) in [4.78, 5) is 15.1. The summed E-state index contributed by atoms with van der Waals surface area (Å²) in [5.41, 5.74) is 1.60. The van der Waals surface area contributed by atoms with Gasteiger partial charge in [0.15, 0.2) is 0 Å². The number of pyridine rings is 1. The summed E-state index contributed by atoms with van der Waals surface area (Å²) < 4.78 is 4.80. The van der Waals surface area contributed by atoms with Crippen LogP contribution in [-0.2, 0) is 16.0 Å². The number of rotatable bonds is 3. The van der Waals surface area contributed by atoms with Crippen molar-refractivity contribution in [2.75, 3.05) is 6.61 Å². The van der Waals surface area contributed by atoms with Crippen molar-refractivity contribution in [3.8, 4) is 0 Å². The first kappa shape index (κ1) is 11.0. The molecule has 0 aromatic carbocycles. The topological polar surface area (TPSA) is 39.2 Å². The molecule has 0 atom stereocenters. The summed E-state index contributed by atoms with van der Waals surface area (Å²) in [5.74, 6) is -0.262. The zero-order valence-corrected chi connectivity index (χ0v) is 8.97. The maximum atomic E-state index is 11.1. The quantitative estimate of drug-likeness (QED) is 0.723. The summed E-state index contributed by atoms with van der Waals surface area (Å²) in [7, 11) is 0. The highest BCUT2D eigenvalue weighted by Crippen LogP contribution is 2.14. The number of ether oxygens (including phenoxy) is 1. The van der Waals surface area contributed by atoms with Crippen LogP contribution in [0.2, 0.25) is 5.02 Å². The molecule has 3 nitrogen and oxygen atoms in total. The lowest BCUT2D eigenvalue weighted by Crippen LogP contribution is -2.08. The molecule has 0 spiro atoms. The first-order valence-corrected chi connectivity index (χ1v) is 4.78. The van der Waals surface area contributed by atoms with Gasteiger partial charge in [-0.3, -0.25) is 9.78 Å². The Morgan fingerprint density at radius 1 is 1.64 bits per heavy atom. The molecule has 1 rings (SSSR count). The van der Waals surface area contributed by atoms with E-state index < -0.39 is 0 Å². The van der Waals surface area contributed by atoms with E-state index >= 15 is 0 Å². The summed E-state index contributed by atoms with van der Waals surface area (Å²) in [5, 5.41) is 0.609. The van der Waals surface area contributed by atoms with E-state index in [0.29, 0.717) is 17.3 Å². The first-order chi connectivity index (χ1) is 6.63. The summed E-state index contributed by atoms with van der Waals surface area (Å²) in [6, 6.07) is 1.79. The van der Waals surface area contributed by atoms with E-state index in [0.717, 1.165) is 5.56 Å². The molecule has 0 amide bonds. The van der Waals surface area contributed by atoms with Crippen molar-refractivity contribution < 1.29 is 9.53 Å². The van der Waals surface area contributed by atoms with E-state index in [1.165, 1.54) is 0 Å². The Hall–Kier alpha value is -1.09. The van der Waals surface area contributed by atoms with Gasteiger partial charge in [-0.2, -0.15) is 0 Å². The highest BCUT2D eigenvalue weighted by atomic mass is 35.5. The molecule has 0 saturated carbocycles. The van der Waals surface area contributed by atoms with Crippen molar-refractivity contribution in [2.24, 2.45) is 0 Å². The highest BCUT2D eigenvalue weighted by molar-refractivity contribution is 6.31. The predicted octanol–water partition coefficient (Wildman–Crippen LogP) is 2.15. The minimum absolute atomic E-state index is 0.200. The number of hydrogen-bond donors (Lipinski definition) is 0. The van der Waals surface area contributed by atoms with Crippen molar-refractivity contribution in [2.45, 2.75) is 20.3 Å². The Bertz CT molecular complexity index is 339. The number of aryl methyl sites for hydroxylation is 1. The normalized spacial score (nSPS) is 9.93. The van der Waals surface area contributed by atoms with Gasteiger partial charge in [-0.1, -0.05) is 11.6 Å². The molecule has 0 aliphatic carbocycles. The van der Waals surface area contributed by atoms with Crippen molar-refractivity contribution in [3.63, 3.8) is 0 Å². The Labute approximate surface area is 88.1 Å². The molecular formula is C10H12ClNO2. The zero-order valence-electron chi connectivity index (χ0n) is 8.21. The third-order valence-electron chi connectivity index (χ3n) is 1.73. The van der Waals surface area contributed by atoms with Crippen molar-refractivity contribution >= 4 is 17.6 Å². The number of carbonyl (C=O) groups is 1. The number of halogens is 1. The molecule has 76 valence electrons. The van der Waals surface area contributed by atoms with Crippen molar-refractivity contribution in [1.29, 1.82) is 0 Å². The van der Waals surface area contributed by atoms with Gasteiger partial charge in [-0.25, -0.2) is 0 Å². The van der Waals surface area contributed by atoms with E-state index in [9.17, 15) is 4.79 Å². The molecule has 0 saturated heterocycles. The highest BCUT2D eigenvalue weighted by Gasteiger charge is 2.06. The number of nitrogens with zero attached hydrogens (tertiary/aromatic N) is 1. The maximum Gasteiger partial charge on any atom is 0.311 e. The molecule has 1 heterocycles. The summed E-state index contributed by atoms with van der Waals surface area (Å²) in [6.07, 6.45) is 1.75. The van der Waals surface area contributed by atoms with Gasteiger partial charge < -0.3 is 4.74 Å². The van der Waals surface area contributed by atoms with Crippen LogP contribution in [0.3, 0.4) is 0 Å². The van der Waals surface area contributed by atoms with Crippen LogP contribution in [0.15, 0.2) is 12.3 Å². The van der Waals surface area contributed by atoms with Gasteiger partial charge in [0, 0.05) is 6.20 Å². The molecule has 1 aromatic heterocycles. The van der Waals surface area contributed by atoms with Gasteiger partial charge >= 0.3 is 5.97 Å². The van der Waals surface area contributed by atoms with Crippen LogP contribution in [-0.4, -0.2) is 17.6 Å². The monoisotopic (exact) mass is 213 g/mol. The molecule has 0 radical (unpaired) electrons. The van der Waals surface area contributed by atoms with Crippen LogP contribution in [0.4, 0.5) is 0 Å². The minimum atomic E-state index is -0.262. The fraction of sp³-hybridized carbons (Fsp3) is 0.400. The molecule has 0 unspecified atom stereocenters. The second-order valence-corrected chi connectivity index (χ2v) is 3.31. The summed E-state index contributed by atoms with van der Waals surface area (Å²) in [6.45, 7) is 4.04. The molecular weight excluding hydrogens is 202 g/mol. The molecule has 0 aliphatic heterocycles. The minimum Gasteiger partial charge on any atom is -0.466 e. The Kier molecular flexibility index (Phi) is 3.89. The standard InChI is InChI=1S/C10H12ClNO2/c1-3-14-10(13)5-8-4-7(2)9(11)6-12-8/h4,6H,3,5H2,1-2H3. The first-order valence-electron chi connectivity index (χ1n) is 4.40. The fourth-order valence-electron chi connectivity index (χ4n) is 1.05. The van der Waals surface area contributed by atoms with Crippen LogP contribution in [0.25, 0.3) is 0 Å². The third kappa shape index (κ3) is 3.00. The van der Waals surface area contributed by atoms with Crippen LogP contribution in [0.1, 0.15) is 18.2 Å². The van der Waals surface area contributed by atoms with Crippen LogP contribution in [0, 0.1) is 6.92 Å². The zero-order chi connectivity index (χ0) is 10.6. The fourth-order valence-corrected chi connectivity index (χ4v) is 1.16. The molecule has 0 aliphatic rings. The number of carbonyl (C=O) groups excluding carboxylic acids is 1.